The summed E-state index contributed by atoms with van der Waals surface area (Å²) >= 11 is 0. The molecule has 2 N–H and O–H groups in total. The summed E-state index contributed by atoms with van der Waals surface area (Å²) in [6, 6.07) is 20.3. The fourth-order valence-corrected chi connectivity index (χ4v) is 2.80. The standard InChI is InChI=1S/C23H18F3N/c1-16-5-2-3-6-19(16)13-21(15-27)18-11-9-17(10-12-18)20-7-4-8-22(14-20)23(24,25)26/h2-15H,1,27H2/b19-13-,21-15+. The Hall–Kier alpha value is -3.27. The molecular weight excluding hydrogens is 347 g/mol. The van der Waals surface area contributed by atoms with Gasteiger partial charge in [-0.3, -0.25) is 0 Å². The highest BCUT2D eigenvalue weighted by molar-refractivity contribution is 5.88. The van der Waals surface area contributed by atoms with Gasteiger partial charge in [-0.25, -0.2) is 0 Å². The summed E-state index contributed by atoms with van der Waals surface area (Å²) in [7, 11) is 0. The van der Waals surface area contributed by atoms with E-state index in [-0.39, 0.29) is 0 Å². The molecule has 3 aromatic rings. The molecule has 0 atom stereocenters. The highest BCUT2D eigenvalue weighted by atomic mass is 19.4. The second-order valence-corrected chi connectivity index (χ2v) is 6.12. The molecule has 0 heterocycles. The Bertz CT molecular complexity index is 1080. The Morgan fingerprint density at radius 1 is 0.852 bits per heavy atom. The Kier molecular flexibility index (Phi) is 5.17. The van der Waals surface area contributed by atoms with Gasteiger partial charge >= 0.3 is 6.18 Å². The smallest absolute Gasteiger partial charge is 0.404 e. The first-order valence-corrected chi connectivity index (χ1v) is 8.34. The molecule has 0 saturated heterocycles. The Morgan fingerprint density at radius 3 is 2.19 bits per heavy atom. The van der Waals surface area contributed by atoms with Crippen LogP contribution in [0.5, 0.6) is 0 Å². The zero-order valence-corrected chi connectivity index (χ0v) is 14.5. The van der Waals surface area contributed by atoms with Crippen molar-refractivity contribution >= 4 is 18.2 Å². The van der Waals surface area contributed by atoms with E-state index in [1.807, 2.05) is 42.5 Å². The minimum Gasteiger partial charge on any atom is -0.404 e. The van der Waals surface area contributed by atoms with E-state index in [4.69, 9.17) is 5.73 Å². The minimum atomic E-state index is -4.36. The predicted molar refractivity (Wildman–Crippen MR) is 105 cm³/mol. The minimum absolute atomic E-state index is 0.515. The first kappa shape index (κ1) is 18.5. The topological polar surface area (TPSA) is 26.0 Å². The van der Waals surface area contributed by atoms with Crippen molar-refractivity contribution in [2.24, 2.45) is 5.73 Å². The Balaban J connectivity index is 1.95. The summed E-state index contributed by atoms with van der Waals surface area (Å²) < 4.78 is 38.7. The normalized spacial score (nSPS) is 13.0. The molecule has 0 saturated carbocycles. The van der Waals surface area contributed by atoms with E-state index in [1.165, 1.54) is 12.3 Å². The van der Waals surface area contributed by atoms with Crippen molar-refractivity contribution in [2.75, 3.05) is 0 Å². The third kappa shape index (κ3) is 4.29. The second kappa shape index (κ2) is 7.54. The highest BCUT2D eigenvalue weighted by Gasteiger charge is 2.30. The molecule has 0 aliphatic rings. The van der Waals surface area contributed by atoms with Gasteiger partial charge in [0.25, 0.3) is 0 Å². The largest absolute Gasteiger partial charge is 0.416 e. The van der Waals surface area contributed by atoms with E-state index >= 15 is 0 Å². The number of rotatable bonds is 3. The summed E-state index contributed by atoms with van der Waals surface area (Å²) in [6.07, 6.45) is -0.921. The quantitative estimate of drug-likeness (QED) is 0.723. The van der Waals surface area contributed by atoms with Crippen LogP contribution in [0.3, 0.4) is 0 Å². The van der Waals surface area contributed by atoms with Crippen molar-refractivity contribution in [3.63, 3.8) is 0 Å². The van der Waals surface area contributed by atoms with Gasteiger partial charge in [-0.2, -0.15) is 13.2 Å². The van der Waals surface area contributed by atoms with E-state index in [0.717, 1.165) is 33.7 Å². The summed E-state index contributed by atoms with van der Waals surface area (Å²) in [5, 5.41) is 1.84. The number of allylic oxidation sites excluding steroid dienone is 1. The number of hydrogen-bond acceptors (Lipinski definition) is 1. The molecule has 4 heteroatoms. The third-order valence-corrected chi connectivity index (χ3v) is 4.29. The van der Waals surface area contributed by atoms with Gasteiger partial charge in [0.05, 0.1) is 5.56 Å². The number of nitrogens with two attached hydrogens (primary N) is 1. The number of halogens is 3. The van der Waals surface area contributed by atoms with Crippen LogP contribution in [0, 0.1) is 0 Å². The second-order valence-electron chi connectivity index (χ2n) is 6.12. The maximum absolute atomic E-state index is 12.9. The molecule has 0 unspecified atom stereocenters. The van der Waals surface area contributed by atoms with Crippen molar-refractivity contribution < 1.29 is 13.2 Å². The van der Waals surface area contributed by atoms with Crippen LogP contribution in [0.15, 0.2) is 79.0 Å². The first-order valence-electron chi connectivity index (χ1n) is 8.34. The Labute approximate surface area is 155 Å². The molecule has 3 aromatic carbocycles. The lowest BCUT2D eigenvalue weighted by Crippen LogP contribution is -2.21. The van der Waals surface area contributed by atoms with Gasteiger partial charge < -0.3 is 5.73 Å². The molecular formula is C23H18F3N. The van der Waals surface area contributed by atoms with Gasteiger partial charge in [0.1, 0.15) is 0 Å². The van der Waals surface area contributed by atoms with Crippen molar-refractivity contribution in [1.29, 1.82) is 0 Å². The summed E-state index contributed by atoms with van der Waals surface area (Å²) in [4.78, 5) is 0. The molecule has 0 bridgehead atoms. The monoisotopic (exact) mass is 365 g/mol. The van der Waals surface area contributed by atoms with Crippen LogP contribution in [-0.4, -0.2) is 0 Å². The van der Waals surface area contributed by atoms with Crippen molar-refractivity contribution in [3.05, 3.63) is 101 Å². The van der Waals surface area contributed by atoms with Crippen molar-refractivity contribution in [1.82, 2.24) is 0 Å². The Morgan fingerprint density at radius 2 is 1.56 bits per heavy atom. The first-order chi connectivity index (χ1) is 12.9. The maximum atomic E-state index is 12.9. The molecule has 0 fully saturated rings. The van der Waals surface area contributed by atoms with Crippen LogP contribution < -0.4 is 16.2 Å². The van der Waals surface area contributed by atoms with E-state index in [0.29, 0.717) is 11.1 Å². The fourth-order valence-electron chi connectivity index (χ4n) is 2.80. The van der Waals surface area contributed by atoms with Crippen LogP contribution in [0.1, 0.15) is 11.1 Å². The summed E-state index contributed by atoms with van der Waals surface area (Å²) in [6.45, 7) is 3.99. The zero-order chi connectivity index (χ0) is 19.4. The molecule has 0 spiro atoms. The van der Waals surface area contributed by atoms with Crippen LogP contribution in [0.2, 0.25) is 0 Å². The van der Waals surface area contributed by atoms with E-state index < -0.39 is 11.7 Å². The molecule has 136 valence electrons. The molecule has 1 nitrogen and oxygen atoms in total. The lowest BCUT2D eigenvalue weighted by molar-refractivity contribution is -0.137. The molecule has 3 rings (SSSR count). The van der Waals surface area contributed by atoms with Gasteiger partial charge in [0.2, 0.25) is 0 Å². The lowest BCUT2D eigenvalue weighted by Gasteiger charge is -2.10. The molecule has 0 aliphatic carbocycles. The molecule has 0 aromatic heterocycles. The predicted octanol–water partition coefficient (Wildman–Crippen LogP) is 4.56. The summed E-state index contributed by atoms with van der Waals surface area (Å²) in [5.41, 5.74) is 8.02. The van der Waals surface area contributed by atoms with Crippen LogP contribution in [0.25, 0.3) is 29.4 Å². The fraction of sp³-hybridized carbons (Fsp3) is 0.0435. The zero-order valence-electron chi connectivity index (χ0n) is 14.5. The van der Waals surface area contributed by atoms with Gasteiger partial charge in [-0.1, -0.05) is 67.2 Å². The average Bonchev–Trinajstić information content (AvgIpc) is 2.67. The molecule has 0 radical (unpaired) electrons. The van der Waals surface area contributed by atoms with E-state index in [1.54, 1.807) is 18.2 Å². The van der Waals surface area contributed by atoms with Gasteiger partial charge in [0, 0.05) is 6.20 Å². The van der Waals surface area contributed by atoms with Crippen molar-refractivity contribution in [2.45, 2.75) is 6.18 Å². The lowest BCUT2D eigenvalue weighted by atomic mass is 9.98. The maximum Gasteiger partial charge on any atom is 0.416 e. The average molecular weight is 365 g/mol. The van der Waals surface area contributed by atoms with Crippen LogP contribution in [0.4, 0.5) is 13.2 Å². The molecule has 0 aliphatic heterocycles. The SMILES string of the molecule is C=c1cccc/c1=C/C(=C\N)c1ccc(-c2cccc(C(F)(F)F)c2)cc1. The van der Waals surface area contributed by atoms with E-state index in [9.17, 15) is 13.2 Å². The van der Waals surface area contributed by atoms with Crippen molar-refractivity contribution in [3.8, 4) is 11.1 Å². The number of hydrogen-bond donors (Lipinski definition) is 1. The van der Waals surface area contributed by atoms with Gasteiger partial charge in [-0.05, 0) is 50.9 Å². The van der Waals surface area contributed by atoms with Crippen LogP contribution in [-0.2, 0) is 6.18 Å². The van der Waals surface area contributed by atoms with Gasteiger partial charge in [-0.15, -0.1) is 0 Å². The van der Waals surface area contributed by atoms with Crippen LogP contribution >= 0.6 is 0 Å². The highest BCUT2D eigenvalue weighted by Crippen LogP contribution is 2.32. The summed E-state index contributed by atoms with van der Waals surface area (Å²) in [5.74, 6) is 0. The number of benzene rings is 3. The molecule has 0 amide bonds. The number of alkyl halides is 3. The van der Waals surface area contributed by atoms with E-state index in [2.05, 4.69) is 6.58 Å². The van der Waals surface area contributed by atoms with Gasteiger partial charge in [0.15, 0.2) is 0 Å². The third-order valence-electron chi connectivity index (χ3n) is 4.29. The molecule has 27 heavy (non-hydrogen) atoms.